The van der Waals surface area contributed by atoms with Crippen LogP contribution in [0, 0.1) is 0 Å². The van der Waals surface area contributed by atoms with Gasteiger partial charge in [-0.3, -0.25) is 14.4 Å². The Morgan fingerprint density at radius 1 is 1.43 bits per heavy atom. The molecule has 0 aliphatic carbocycles. The average molecular weight is 293 g/mol. The molecule has 0 aromatic carbocycles. The van der Waals surface area contributed by atoms with Gasteiger partial charge >= 0.3 is 0 Å². The van der Waals surface area contributed by atoms with Crippen molar-refractivity contribution in [1.29, 1.82) is 0 Å². The predicted octanol–water partition coefficient (Wildman–Crippen LogP) is 2.08. The molecule has 0 radical (unpaired) electrons. The van der Waals surface area contributed by atoms with Crippen LogP contribution in [-0.4, -0.2) is 52.3 Å². The summed E-state index contributed by atoms with van der Waals surface area (Å²) in [6.45, 7) is 11.3. The maximum absolute atomic E-state index is 12.7. The first-order valence-corrected chi connectivity index (χ1v) is 7.85. The van der Waals surface area contributed by atoms with Gasteiger partial charge in [-0.1, -0.05) is 6.92 Å². The van der Waals surface area contributed by atoms with Crippen LogP contribution < -0.4 is 0 Å². The Kier molecular flexibility index (Phi) is 5.17. The highest BCUT2D eigenvalue weighted by atomic mass is 16.5. The van der Waals surface area contributed by atoms with E-state index in [9.17, 15) is 4.79 Å². The van der Waals surface area contributed by atoms with Crippen molar-refractivity contribution in [3.8, 4) is 0 Å². The molecule has 21 heavy (non-hydrogen) atoms. The normalized spacial score (nSPS) is 18.7. The van der Waals surface area contributed by atoms with E-state index >= 15 is 0 Å². The van der Waals surface area contributed by atoms with Gasteiger partial charge in [0.05, 0.1) is 30.9 Å². The molecule has 0 spiro atoms. The van der Waals surface area contributed by atoms with E-state index < -0.39 is 5.54 Å². The van der Waals surface area contributed by atoms with Crippen LogP contribution in [0.5, 0.6) is 0 Å². The second-order valence-electron chi connectivity index (χ2n) is 6.30. The minimum atomic E-state index is -0.454. The zero-order valence-electron chi connectivity index (χ0n) is 13.6. The van der Waals surface area contributed by atoms with Crippen molar-refractivity contribution in [2.45, 2.75) is 52.1 Å². The number of rotatable bonds is 6. The van der Waals surface area contributed by atoms with Crippen LogP contribution in [0.15, 0.2) is 12.3 Å². The largest absolute Gasteiger partial charge is 0.379 e. The van der Waals surface area contributed by atoms with Crippen molar-refractivity contribution in [3.05, 3.63) is 18.0 Å². The van der Waals surface area contributed by atoms with E-state index in [0.717, 1.165) is 25.2 Å². The molecular formula is C16H27N3O2. The highest BCUT2D eigenvalue weighted by Gasteiger charge is 2.35. The van der Waals surface area contributed by atoms with E-state index in [2.05, 4.69) is 23.8 Å². The first kappa shape index (κ1) is 16.2. The zero-order chi connectivity index (χ0) is 15.5. The summed E-state index contributed by atoms with van der Waals surface area (Å²) in [6.07, 6.45) is 3.40. The summed E-state index contributed by atoms with van der Waals surface area (Å²) in [5, 5.41) is 4.53. The first-order valence-electron chi connectivity index (χ1n) is 7.85. The summed E-state index contributed by atoms with van der Waals surface area (Å²) < 4.78 is 7.32. The molecule has 2 rings (SSSR count). The first-order chi connectivity index (χ1) is 9.95. The number of aromatic nitrogens is 2. The van der Waals surface area contributed by atoms with E-state index in [1.54, 1.807) is 0 Å². The number of Topliss-reactive ketones (excluding diaryl/α,β-unsaturated/α-hetero) is 1. The molecular weight excluding hydrogens is 266 g/mol. The summed E-state index contributed by atoms with van der Waals surface area (Å²) in [6, 6.07) is 2.33. The minimum Gasteiger partial charge on any atom is -0.379 e. The van der Waals surface area contributed by atoms with Crippen LogP contribution in [-0.2, 0) is 16.0 Å². The minimum absolute atomic E-state index is 0.221. The zero-order valence-corrected chi connectivity index (χ0v) is 13.6. The number of hydrogen-bond acceptors (Lipinski definition) is 4. The maximum atomic E-state index is 12.7. The van der Waals surface area contributed by atoms with Crippen molar-refractivity contribution < 1.29 is 9.53 Å². The topological polar surface area (TPSA) is 47.4 Å². The molecule has 1 atom stereocenters. The van der Waals surface area contributed by atoms with Crippen molar-refractivity contribution >= 4 is 5.78 Å². The van der Waals surface area contributed by atoms with Crippen molar-refractivity contribution in [3.63, 3.8) is 0 Å². The highest BCUT2D eigenvalue weighted by molar-refractivity contribution is 5.89. The van der Waals surface area contributed by atoms with Gasteiger partial charge in [0.25, 0.3) is 0 Å². The van der Waals surface area contributed by atoms with Gasteiger partial charge in [-0.2, -0.15) is 5.10 Å². The predicted molar refractivity (Wildman–Crippen MR) is 82.4 cm³/mol. The lowest BCUT2D eigenvalue weighted by molar-refractivity contribution is -0.131. The van der Waals surface area contributed by atoms with Gasteiger partial charge in [0.2, 0.25) is 0 Å². The Hall–Kier alpha value is -1.20. The summed E-state index contributed by atoms with van der Waals surface area (Å²) in [4.78, 5) is 14.9. The molecule has 1 unspecified atom stereocenters. The average Bonchev–Trinajstić information content (AvgIpc) is 2.95. The molecule has 5 heteroatoms. The quantitative estimate of drug-likeness (QED) is 0.805. The molecule has 1 aromatic rings. The number of ketones is 1. The third kappa shape index (κ3) is 3.71. The highest BCUT2D eigenvalue weighted by Crippen LogP contribution is 2.20. The van der Waals surface area contributed by atoms with Gasteiger partial charge in [-0.05, 0) is 33.3 Å². The van der Waals surface area contributed by atoms with Crippen molar-refractivity contribution in [2.24, 2.45) is 0 Å². The number of morpholine rings is 1. The maximum Gasteiger partial charge on any atom is 0.158 e. The summed E-state index contributed by atoms with van der Waals surface area (Å²) in [5.74, 6) is 0.221. The van der Waals surface area contributed by atoms with E-state index in [0.29, 0.717) is 25.7 Å². The monoisotopic (exact) mass is 293 g/mol. The molecule has 118 valence electrons. The Balaban J connectivity index is 2.01. The van der Waals surface area contributed by atoms with Gasteiger partial charge in [0.15, 0.2) is 5.78 Å². The molecule has 2 heterocycles. The standard InChI is InChI=1S/C16H27N3O2/c1-5-13(2)19-7-6-14(17-19)12-15(20)16(3,4)18-8-10-21-11-9-18/h6-7,13H,5,8-12H2,1-4H3. The Bertz CT molecular complexity index is 476. The third-order valence-corrected chi connectivity index (χ3v) is 4.53. The molecule has 0 N–H and O–H groups in total. The van der Waals surface area contributed by atoms with Crippen LogP contribution in [0.2, 0.25) is 0 Å². The molecule has 0 saturated carbocycles. The molecule has 0 bridgehead atoms. The number of nitrogens with zero attached hydrogens (tertiary/aromatic N) is 3. The summed E-state index contributed by atoms with van der Waals surface area (Å²) >= 11 is 0. The van der Waals surface area contributed by atoms with Gasteiger partial charge in [-0.25, -0.2) is 0 Å². The Morgan fingerprint density at radius 2 is 2.10 bits per heavy atom. The van der Waals surface area contributed by atoms with Gasteiger partial charge in [0.1, 0.15) is 0 Å². The molecule has 5 nitrogen and oxygen atoms in total. The van der Waals surface area contributed by atoms with Gasteiger partial charge < -0.3 is 4.74 Å². The molecule has 1 saturated heterocycles. The van der Waals surface area contributed by atoms with Crippen LogP contribution >= 0.6 is 0 Å². The second kappa shape index (κ2) is 6.71. The van der Waals surface area contributed by atoms with Crippen LogP contribution in [0.3, 0.4) is 0 Å². The molecule has 0 amide bonds. The third-order valence-electron chi connectivity index (χ3n) is 4.53. The Morgan fingerprint density at radius 3 is 2.71 bits per heavy atom. The van der Waals surface area contributed by atoms with E-state index in [4.69, 9.17) is 4.74 Å². The number of ether oxygens (including phenoxy) is 1. The fourth-order valence-electron chi connectivity index (χ4n) is 2.58. The van der Waals surface area contributed by atoms with Gasteiger partial charge in [-0.15, -0.1) is 0 Å². The fourth-order valence-corrected chi connectivity index (χ4v) is 2.58. The smallest absolute Gasteiger partial charge is 0.158 e. The fraction of sp³-hybridized carbons (Fsp3) is 0.750. The summed E-state index contributed by atoms with van der Waals surface area (Å²) in [5.41, 5.74) is 0.408. The van der Waals surface area contributed by atoms with E-state index in [-0.39, 0.29) is 5.78 Å². The molecule has 1 fully saturated rings. The second-order valence-corrected chi connectivity index (χ2v) is 6.30. The molecule has 1 aliphatic heterocycles. The number of carbonyl (C=O) groups excluding carboxylic acids is 1. The van der Waals surface area contributed by atoms with E-state index in [1.165, 1.54) is 0 Å². The Labute approximate surface area is 127 Å². The van der Waals surface area contributed by atoms with Crippen LogP contribution in [0.25, 0.3) is 0 Å². The van der Waals surface area contributed by atoms with Gasteiger partial charge in [0, 0.05) is 25.3 Å². The van der Waals surface area contributed by atoms with Crippen LogP contribution in [0.4, 0.5) is 0 Å². The lowest BCUT2D eigenvalue weighted by atomic mass is 9.93. The molecule has 1 aromatic heterocycles. The van der Waals surface area contributed by atoms with E-state index in [1.807, 2.05) is 30.8 Å². The van der Waals surface area contributed by atoms with Crippen molar-refractivity contribution in [1.82, 2.24) is 14.7 Å². The summed E-state index contributed by atoms with van der Waals surface area (Å²) in [7, 11) is 0. The van der Waals surface area contributed by atoms with Crippen LogP contribution in [0.1, 0.15) is 45.9 Å². The lowest BCUT2D eigenvalue weighted by Crippen LogP contribution is -2.54. The number of hydrogen-bond donors (Lipinski definition) is 0. The molecule has 1 aliphatic rings. The lowest BCUT2D eigenvalue weighted by Gasteiger charge is -2.39. The number of carbonyl (C=O) groups is 1. The SMILES string of the molecule is CCC(C)n1ccc(CC(=O)C(C)(C)N2CCOCC2)n1. The van der Waals surface area contributed by atoms with Crippen molar-refractivity contribution in [2.75, 3.05) is 26.3 Å².